The van der Waals surface area contributed by atoms with E-state index >= 15 is 0 Å². The highest BCUT2D eigenvalue weighted by Gasteiger charge is 2.24. The predicted octanol–water partition coefficient (Wildman–Crippen LogP) is 0.322. The molecule has 0 amide bonds. The molecule has 0 aromatic carbocycles. The van der Waals surface area contributed by atoms with Crippen molar-refractivity contribution < 1.29 is 5.11 Å². The number of pyridine rings is 1. The standard InChI is InChI=1S/C12H18N4O/c13-12(14)11-9(3-1-5-15-11)7-16-6-2-4-10(16)8-17/h1,3,5,10,17H,2,4,6-8H2,(H3,13,14). The van der Waals surface area contributed by atoms with Crippen molar-refractivity contribution in [2.75, 3.05) is 13.2 Å². The summed E-state index contributed by atoms with van der Waals surface area (Å²) in [6.45, 7) is 1.88. The topological polar surface area (TPSA) is 86.2 Å². The number of amidine groups is 1. The lowest BCUT2D eigenvalue weighted by Crippen LogP contribution is -2.32. The molecule has 0 aliphatic carbocycles. The normalized spacial score (nSPS) is 20.6. The molecule has 2 heterocycles. The molecule has 1 fully saturated rings. The highest BCUT2D eigenvalue weighted by atomic mass is 16.3. The first kappa shape index (κ1) is 12.0. The van der Waals surface area contributed by atoms with Gasteiger partial charge in [-0.1, -0.05) is 6.07 Å². The van der Waals surface area contributed by atoms with Crippen LogP contribution >= 0.6 is 0 Å². The molecule has 92 valence electrons. The maximum Gasteiger partial charge on any atom is 0.142 e. The minimum atomic E-state index is 0.000320. The van der Waals surface area contributed by atoms with Gasteiger partial charge in [-0.3, -0.25) is 15.3 Å². The fourth-order valence-electron chi connectivity index (χ4n) is 2.34. The average Bonchev–Trinajstić information content (AvgIpc) is 2.77. The summed E-state index contributed by atoms with van der Waals surface area (Å²) in [5, 5.41) is 16.8. The summed E-state index contributed by atoms with van der Waals surface area (Å²) in [6, 6.07) is 4.03. The number of aliphatic hydroxyl groups excluding tert-OH is 1. The number of nitrogens with one attached hydrogen (secondary N) is 1. The number of hydrogen-bond acceptors (Lipinski definition) is 4. The van der Waals surface area contributed by atoms with Gasteiger partial charge in [-0.05, 0) is 31.0 Å². The summed E-state index contributed by atoms with van der Waals surface area (Å²) in [5.74, 6) is 0.000320. The van der Waals surface area contributed by atoms with Crippen molar-refractivity contribution in [1.82, 2.24) is 9.88 Å². The Bertz CT molecular complexity index is 407. The number of nitrogen functional groups attached to an aromatic ring is 1. The SMILES string of the molecule is N=C(N)c1ncccc1CN1CCCC1CO. The molecule has 1 aromatic heterocycles. The Morgan fingerprint density at radius 2 is 2.47 bits per heavy atom. The van der Waals surface area contributed by atoms with Crippen molar-refractivity contribution in [2.45, 2.75) is 25.4 Å². The highest BCUT2D eigenvalue weighted by molar-refractivity contribution is 5.94. The lowest BCUT2D eigenvalue weighted by Gasteiger charge is -2.23. The van der Waals surface area contributed by atoms with Gasteiger partial charge in [0.25, 0.3) is 0 Å². The van der Waals surface area contributed by atoms with E-state index in [1.54, 1.807) is 6.20 Å². The van der Waals surface area contributed by atoms with E-state index in [1.807, 2.05) is 12.1 Å². The lowest BCUT2D eigenvalue weighted by atomic mass is 10.1. The molecule has 0 bridgehead atoms. The monoisotopic (exact) mass is 234 g/mol. The van der Waals surface area contributed by atoms with Crippen LogP contribution in [-0.4, -0.2) is 40.0 Å². The van der Waals surface area contributed by atoms with Gasteiger partial charge >= 0.3 is 0 Å². The number of likely N-dealkylation sites (tertiary alicyclic amines) is 1. The minimum Gasteiger partial charge on any atom is -0.395 e. The lowest BCUT2D eigenvalue weighted by molar-refractivity contribution is 0.153. The van der Waals surface area contributed by atoms with Crippen LogP contribution in [0.4, 0.5) is 0 Å². The Balaban J connectivity index is 2.15. The van der Waals surface area contributed by atoms with Gasteiger partial charge in [0.2, 0.25) is 0 Å². The van der Waals surface area contributed by atoms with Crippen molar-refractivity contribution in [3.05, 3.63) is 29.6 Å². The second-order valence-corrected chi connectivity index (χ2v) is 4.37. The summed E-state index contributed by atoms with van der Waals surface area (Å²) in [6.07, 6.45) is 3.79. The van der Waals surface area contributed by atoms with Crippen LogP contribution in [-0.2, 0) is 6.54 Å². The zero-order valence-electron chi connectivity index (χ0n) is 9.76. The van der Waals surface area contributed by atoms with E-state index in [0.29, 0.717) is 12.2 Å². The van der Waals surface area contributed by atoms with Gasteiger partial charge in [-0.25, -0.2) is 0 Å². The van der Waals surface area contributed by atoms with Gasteiger partial charge in [0.1, 0.15) is 11.5 Å². The van der Waals surface area contributed by atoms with Gasteiger partial charge in [-0.2, -0.15) is 0 Å². The third-order valence-corrected chi connectivity index (χ3v) is 3.23. The fourth-order valence-corrected chi connectivity index (χ4v) is 2.34. The molecule has 1 unspecified atom stereocenters. The van der Waals surface area contributed by atoms with Crippen molar-refractivity contribution in [1.29, 1.82) is 5.41 Å². The van der Waals surface area contributed by atoms with Crippen LogP contribution in [0, 0.1) is 5.41 Å². The number of hydrogen-bond donors (Lipinski definition) is 3. The van der Waals surface area contributed by atoms with Crippen molar-refractivity contribution in [3.63, 3.8) is 0 Å². The number of nitrogens with zero attached hydrogens (tertiary/aromatic N) is 2. The molecule has 17 heavy (non-hydrogen) atoms. The number of rotatable bonds is 4. The summed E-state index contributed by atoms with van der Waals surface area (Å²) in [5.41, 5.74) is 7.02. The van der Waals surface area contributed by atoms with Gasteiger partial charge in [-0.15, -0.1) is 0 Å². The van der Waals surface area contributed by atoms with E-state index in [4.69, 9.17) is 11.1 Å². The molecule has 1 atom stereocenters. The third kappa shape index (κ3) is 2.62. The summed E-state index contributed by atoms with van der Waals surface area (Å²) < 4.78 is 0. The van der Waals surface area contributed by atoms with E-state index in [2.05, 4.69) is 9.88 Å². The molecule has 0 spiro atoms. The van der Waals surface area contributed by atoms with Crippen molar-refractivity contribution >= 4 is 5.84 Å². The van der Waals surface area contributed by atoms with E-state index < -0.39 is 0 Å². The quantitative estimate of drug-likeness (QED) is 0.517. The molecule has 5 nitrogen and oxygen atoms in total. The fraction of sp³-hybridized carbons (Fsp3) is 0.500. The molecule has 0 saturated carbocycles. The minimum absolute atomic E-state index is 0.000320. The van der Waals surface area contributed by atoms with Crippen LogP contribution < -0.4 is 5.73 Å². The Morgan fingerprint density at radius 3 is 3.18 bits per heavy atom. The smallest absolute Gasteiger partial charge is 0.142 e. The summed E-state index contributed by atoms with van der Waals surface area (Å²) in [4.78, 5) is 6.36. The first-order chi connectivity index (χ1) is 8.22. The maximum absolute atomic E-state index is 9.27. The second-order valence-electron chi connectivity index (χ2n) is 4.37. The second kappa shape index (κ2) is 5.25. The Labute approximate surface area is 101 Å². The van der Waals surface area contributed by atoms with Gasteiger partial charge in [0, 0.05) is 18.8 Å². The number of aromatic nitrogens is 1. The van der Waals surface area contributed by atoms with Gasteiger partial charge in [0.05, 0.1) is 6.61 Å². The highest BCUT2D eigenvalue weighted by Crippen LogP contribution is 2.20. The molecule has 1 aliphatic heterocycles. The van der Waals surface area contributed by atoms with Crippen LogP contribution in [0.2, 0.25) is 0 Å². The van der Waals surface area contributed by atoms with Gasteiger partial charge < -0.3 is 10.8 Å². The van der Waals surface area contributed by atoms with Crippen molar-refractivity contribution in [2.24, 2.45) is 5.73 Å². The largest absolute Gasteiger partial charge is 0.395 e. The van der Waals surface area contributed by atoms with Crippen molar-refractivity contribution in [3.8, 4) is 0 Å². The molecule has 2 rings (SSSR count). The molecular formula is C12H18N4O. The number of aliphatic hydroxyl groups is 1. The third-order valence-electron chi connectivity index (χ3n) is 3.23. The Kier molecular flexibility index (Phi) is 3.71. The maximum atomic E-state index is 9.27. The zero-order chi connectivity index (χ0) is 12.3. The Morgan fingerprint density at radius 1 is 1.65 bits per heavy atom. The van der Waals surface area contributed by atoms with Crippen LogP contribution in [0.3, 0.4) is 0 Å². The molecule has 1 aliphatic rings. The van der Waals surface area contributed by atoms with Crippen LogP contribution in [0.25, 0.3) is 0 Å². The molecule has 5 heteroatoms. The first-order valence-corrected chi connectivity index (χ1v) is 5.85. The summed E-state index contributed by atoms with van der Waals surface area (Å²) in [7, 11) is 0. The predicted molar refractivity (Wildman–Crippen MR) is 65.8 cm³/mol. The van der Waals surface area contributed by atoms with E-state index in [1.165, 1.54) is 0 Å². The Hall–Kier alpha value is -1.46. The molecular weight excluding hydrogens is 216 g/mol. The van der Waals surface area contributed by atoms with E-state index in [0.717, 1.165) is 24.9 Å². The molecule has 1 aromatic rings. The van der Waals surface area contributed by atoms with Crippen LogP contribution in [0.1, 0.15) is 24.1 Å². The molecule has 4 N–H and O–H groups in total. The first-order valence-electron chi connectivity index (χ1n) is 5.85. The van der Waals surface area contributed by atoms with Crippen LogP contribution in [0.5, 0.6) is 0 Å². The molecule has 0 radical (unpaired) electrons. The average molecular weight is 234 g/mol. The van der Waals surface area contributed by atoms with Crippen LogP contribution in [0.15, 0.2) is 18.3 Å². The van der Waals surface area contributed by atoms with E-state index in [-0.39, 0.29) is 18.5 Å². The zero-order valence-corrected chi connectivity index (χ0v) is 9.76. The molecule has 1 saturated heterocycles. The summed E-state index contributed by atoms with van der Waals surface area (Å²) >= 11 is 0. The number of nitrogens with two attached hydrogens (primary N) is 1. The van der Waals surface area contributed by atoms with Gasteiger partial charge in [0.15, 0.2) is 0 Å². The van der Waals surface area contributed by atoms with E-state index in [9.17, 15) is 5.11 Å².